The van der Waals surface area contributed by atoms with Gasteiger partial charge in [-0.05, 0) is 40.5 Å². The van der Waals surface area contributed by atoms with Crippen LogP contribution < -0.4 is 0 Å². The number of hydrogen-bond acceptors (Lipinski definition) is 1. The van der Waals surface area contributed by atoms with Crippen molar-refractivity contribution in [2.45, 2.75) is 19.4 Å². The Morgan fingerprint density at radius 2 is 1.76 bits per heavy atom. The van der Waals surface area contributed by atoms with E-state index in [0.29, 0.717) is 11.4 Å². The monoisotopic (exact) mass is 296 g/mol. The van der Waals surface area contributed by atoms with Crippen LogP contribution in [0.3, 0.4) is 0 Å². The SMILES string of the molecule is Cc1ccc(C(O)Cc2cccc3ccccc23)c(Cl)c1. The molecule has 0 fully saturated rings. The third-order valence-corrected chi connectivity index (χ3v) is 4.14. The second kappa shape index (κ2) is 5.88. The van der Waals surface area contributed by atoms with Crippen molar-refractivity contribution in [1.29, 1.82) is 0 Å². The first-order valence-corrected chi connectivity index (χ1v) is 7.44. The highest BCUT2D eigenvalue weighted by Gasteiger charge is 2.13. The van der Waals surface area contributed by atoms with Crippen molar-refractivity contribution < 1.29 is 5.11 Å². The fourth-order valence-corrected chi connectivity index (χ4v) is 3.05. The summed E-state index contributed by atoms with van der Waals surface area (Å²) in [6, 6.07) is 20.2. The molecule has 1 unspecified atom stereocenters. The molecule has 0 aliphatic rings. The summed E-state index contributed by atoms with van der Waals surface area (Å²) in [5.74, 6) is 0. The topological polar surface area (TPSA) is 20.2 Å². The van der Waals surface area contributed by atoms with E-state index in [0.717, 1.165) is 16.7 Å². The van der Waals surface area contributed by atoms with Gasteiger partial charge in [-0.25, -0.2) is 0 Å². The fourth-order valence-electron chi connectivity index (χ4n) is 2.69. The molecule has 0 radical (unpaired) electrons. The zero-order valence-corrected chi connectivity index (χ0v) is 12.6. The van der Waals surface area contributed by atoms with Gasteiger partial charge in [0.25, 0.3) is 0 Å². The molecule has 0 bridgehead atoms. The third-order valence-electron chi connectivity index (χ3n) is 3.81. The minimum atomic E-state index is -0.594. The maximum atomic E-state index is 10.5. The van der Waals surface area contributed by atoms with E-state index in [-0.39, 0.29) is 0 Å². The first-order valence-electron chi connectivity index (χ1n) is 7.06. The molecule has 1 N–H and O–H groups in total. The molecule has 0 saturated carbocycles. The lowest BCUT2D eigenvalue weighted by atomic mass is 9.96. The van der Waals surface area contributed by atoms with Crippen LogP contribution in [0.1, 0.15) is 22.8 Å². The highest BCUT2D eigenvalue weighted by molar-refractivity contribution is 6.31. The summed E-state index contributed by atoms with van der Waals surface area (Å²) in [6.45, 7) is 1.99. The van der Waals surface area contributed by atoms with Crippen molar-refractivity contribution in [2.24, 2.45) is 0 Å². The quantitative estimate of drug-likeness (QED) is 0.715. The lowest BCUT2D eigenvalue weighted by molar-refractivity contribution is 0.179. The number of aliphatic hydroxyl groups excluding tert-OH is 1. The van der Waals surface area contributed by atoms with E-state index in [1.54, 1.807) is 0 Å². The average Bonchev–Trinajstić information content (AvgIpc) is 2.47. The summed E-state index contributed by atoms with van der Waals surface area (Å²) in [6.07, 6.45) is -0.0339. The van der Waals surface area contributed by atoms with Crippen molar-refractivity contribution in [3.63, 3.8) is 0 Å². The predicted octanol–water partition coefficient (Wildman–Crippen LogP) is 5.08. The molecule has 0 aliphatic carbocycles. The van der Waals surface area contributed by atoms with Crippen molar-refractivity contribution >= 4 is 22.4 Å². The van der Waals surface area contributed by atoms with Crippen LogP contribution in [-0.4, -0.2) is 5.11 Å². The maximum absolute atomic E-state index is 10.5. The summed E-state index contributed by atoms with van der Waals surface area (Å²) in [5, 5.41) is 13.5. The van der Waals surface area contributed by atoms with Crippen LogP contribution >= 0.6 is 11.6 Å². The predicted molar refractivity (Wildman–Crippen MR) is 88.8 cm³/mol. The Hall–Kier alpha value is -1.83. The van der Waals surface area contributed by atoms with Crippen LogP contribution in [-0.2, 0) is 6.42 Å². The second-order valence-electron chi connectivity index (χ2n) is 5.38. The average molecular weight is 297 g/mol. The highest BCUT2D eigenvalue weighted by atomic mass is 35.5. The van der Waals surface area contributed by atoms with Crippen molar-refractivity contribution in [3.8, 4) is 0 Å². The number of hydrogen-bond donors (Lipinski definition) is 1. The van der Waals surface area contributed by atoms with Gasteiger partial charge in [0.15, 0.2) is 0 Å². The smallest absolute Gasteiger partial charge is 0.0844 e. The Kier molecular flexibility index (Phi) is 3.96. The number of fused-ring (bicyclic) bond motifs is 1. The number of rotatable bonds is 3. The van der Waals surface area contributed by atoms with Crippen molar-refractivity contribution in [1.82, 2.24) is 0 Å². The molecule has 1 atom stereocenters. The lowest BCUT2D eigenvalue weighted by Gasteiger charge is -2.15. The van der Waals surface area contributed by atoms with Gasteiger partial charge in [-0.3, -0.25) is 0 Å². The summed E-state index contributed by atoms with van der Waals surface area (Å²) < 4.78 is 0. The number of aryl methyl sites for hydroxylation is 1. The van der Waals surface area contributed by atoms with Crippen LogP contribution in [0.25, 0.3) is 10.8 Å². The van der Waals surface area contributed by atoms with Gasteiger partial charge in [0.2, 0.25) is 0 Å². The molecule has 3 aromatic rings. The molecule has 2 heteroatoms. The zero-order valence-electron chi connectivity index (χ0n) is 11.9. The van der Waals surface area contributed by atoms with Gasteiger partial charge in [-0.15, -0.1) is 0 Å². The van der Waals surface area contributed by atoms with E-state index in [4.69, 9.17) is 11.6 Å². The van der Waals surface area contributed by atoms with Gasteiger partial charge in [0, 0.05) is 11.4 Å². The van der Waals surface area contributed by atoms with E-state index >= 15 is 0 Å². The Morgan fingerprint density at radius 1 is 1.00 bits per heavy atom. The number of halogens is 1. The Labute approximate surface area is 129 Å². The van der Waals surface area contributed by atoms with E-state index in [1.165, 1.54) is 10.8 Å². The van der Waals surface area contributed by atoms with Crippen molar-refractivity contribution in [2.75, 3.05) is 0 Å². The maximum Gasteiger partial charge on any atom is 0.0844 e. The van der Waals surface area contributed by atoms with Crippen LogP contribution in [0.2, 0.25) is 5.02 Å². The molecular formula is C19H17ClO. The lowest BCUT2D eigenvalue weighted by Crippen LogP contribution is -2.03. The van der Waals surface area contributed by atoms with Gasteiger partial charge in [0.1, 0.15) is 0 Å². The van der Waals surface area contributed by atoms with Crippen LogP contribution in [0.15, 0.2) is 60.7 Å². The van der Waals surface area contributed by atoms with E-state index in [2.05, 4.69) is 24.3 Å². The molecule has 21 heavy (non-hydrogen) atoms. The molecule has 0 amide bonds. The molecule has 106 valence electrons. The second-order valence-corrected chi connectivity index (χ2v) is 5.79. The number of benzene rings is 3. The molecular weight excluding hydrogens is 280 g/mol. The van der Waals surface area contributed by atoms with Crippen LogP contribution in [0, 0.1) is 6.92 Å². The Bertz CT molecular complexity index is 774. The molecule has 3 aromatic carbocycles. The molecule has 3 rings (SSSR count). The van der Waals surface area contributed by atoms with Gasteiger partial charge in [-0.1, -0.05) is 66.2 Å². The van der Waals surface area contributed by atoms with Gasteiger partial charge in [-0.2, -0.15) is 0 Å². The standard InChI is InChI=1S/C19H17ClO/c1-13-9-10-17(18(20)11-13)19(21)12-15-7-4-6-14-5-2-3-8-16(14)15/h2-11,19,21H,12H2,1H3. The first-order chi connectivity index (χ1) is 10.1. The number of aliphatic hydroxyl groups is 1. The van der Waals surface area contributed by atoms with Gasteiger partial charge in [0.05, 0.1) is 6.10 Å². The van der Waals surface area contributed by atoms with E-state index < -0.39 is 6.10 Å². The van der Waals surface area contributed by atoms with Crippen LogP contribution in [0.4, 0.5) is 0 Å². The minimum absolute atomic E-state index is 0.560. The van der Waals surface area contributed by atoms with E-state index in [9.17, 15) is 5.11 Å². The molecule has 0 saturated heterocycles. The third kappa shape index (κ3) is 2.94. The fraction of sp³-hybridized carbons (Fsp3) is 0.158. The summed E-state index contributed by atoms with van der Waals surface area (Å²) in [5.41, 5.74) is 3.02. The Balaban J connectivity index is 1.94. The van der Waals surface area contributed by atoms with Crippen LogP contribution in [0.5, 0.6) is 0 Å². The van der Waals surface area contributed by atoms with Gasteiger partial charge < -0.3 is 5.11 Å². The molecule has 1 nitrogen and oxygen atoms in total. The summed E-state index contributed by atoms with van der Waals surface area (Å²) in [7, 11) is 0. The van der Waals surface area contributed by atoms with Gasteiger partial charge >= 0.3 is 0 Å². The Morgan fingerprint density at radius 3 is 2.57 bits per heavy atom. The minimum Gasteiger partial charge on any atom is -0.388 e. The molecule has 0 heterocycles. The van der Waals surface area contributed by atoms with Crippen molar-refractivity contribution in [3.05, 3.63) is 82.4 Å². The normalized spacial score (nSPS) is 12.5. The molecule has 0 aliphatic heterocycles. The highest BCUT2D eigenvalue weighted by Crippen LogP contribution is 2.29. The molecule has 0 spiro atoms. The summed E-state index contributed by atoms with van der Waals surface area (Å²) in [4.78, 5) is 0. The van der Waals surface area contributed by atoms with E-state index in [1.807, 2.05) is 43.3 Å². The first kappa shape index (κ1) is 14.1. The zero-order chi connectivity index (χ0) is 14.8. The summed E-state index contributed by atoms with van der Waals surface area (Å²) >= 11 is 6.25. The largest absolute Gasteiger partial charge is 0.388 e. The molecule has 0 aromatic heterocycles.